The maximum Gasteiger partial charge on any atom is 0.0350 e. The van der Waals surface area contributed by atoms with E-state index in [1.54, 1.807) is 0 Å². The average Bonchev–Trinajstić information content (AvgIpc) is 2.23. The Balaban J connectivity index is 1.56. The van der Waals surface area contributed by atoms with E-state index in [4.69, 9.17) is 0 Å². The van der Waals surface area contributed by atoms with E-state index < -0.39 is 0 Å². The minimum absolute atomic E-state index is 0.900. The van der Waals surface area contributed by atoms with Crippen LogP contribution in [0, 0.1) is 0 Å². The molecule has 2 aliphatic heterocycles. The zero-order chi connectivity index (χ0) is 10.5. The summed E-state index contributed by atoms with van der Waals surface area (Å²) in [6.45, 7) is 8.96. The van der Waals surface area contributed by atoms with E-state index in [1.807, 2.05) is 0 Å². The van der Waals surface area contributed by atoms with Gasteiger partial charge in [-0.1, -0.05) is 13.3 Å². The summed E-state index contributed by atoms with van der Waals surface area (Å²) in [5, 5.41) is 0. The van der Waals surface area contributed by atoms with Crippen LogP contribution in [0.2, 0.25) is 0 Å². The van der Waals surface area contributed by atoms with E-state index in [2.05, 4.69) is 28.5 Å². The third-order valence-corrected chi connectivity index (χ3v) is 4.48. The molecule has 88 valence electrons. The Morgan fingerprint density at radius 2 is 1.87 bits per heavy atom. The number of likely N-dealkylation sites (tertiary alicyclic amines) is 2. The second-order valence-electron chi connectivity index (χ2n) is 4.71. The fourth-order valence-electron chi connectivity index (χ4n) is 2.58. The van der Waals surface area contributed by atoms with Crippen molar-refractivity contribution in [1.29, 1.82) is 0 Å². The van der Waals surface area contributed by atoms with Crippen molar-refractivity contribution < 1.29 is 0 Å². The molecule has 0 N–H and O–H groups in total. The van der Waals surface area contributed by atoms with Gasteiger partial charge in [0, 0.05) is 31.4 Å². The standard InChI is InChI=1S/C12H24N2S/c1-2-15-9-8-13-10-12(11-13)14-6-4-3-5-7-14/h12H,2-11H2,1H3. The van der Waals surface area contributed by atoms with Crippen molar-refractivity contribution in [1.82, 2.24) is 9.80 Å². The maximum atomic E-state index is 2.72. The summed E-state index contributed by atoms with van der Waals surface area (Å²) >= 11 is 2.07. The van der Waals surface area contributed by atoms with Crippen LogP contribution >= 0.6 is 11.8 Å². The molecule has 0 atom stereocenters. The lowest BCUT2D eigenvalue weighted by atomic mass is 10.0. The minimum Gasteiger partial charge on any atom is -0.299 e. The smallest absolute Gasteiger partial charge is 0.0350 e. The highest BCUT2D eigenvalue weighted by molar-refractivity contribution is 7.99. The van der Waals surface area contributed by atoms with Gasteiger partial charge in [0.15, 0.2) is 0 Å². The molecule has 0 radical (unpaired) electrons. The van der Waals surface area contributed by atoms with Gasteiger partial charge in [-0.2, -0.15) is 11.8 Å². The second kappa shape index (κ2) is 6.12. The third-order valence-electron chi connectivity index (χ3n) is 3.60. The van der Waals surface area contributed by atoms with Crippen LogP contribution in [0.5, 0.6) is 0 Å². The fraction of sp³-hybridized carbons (Fsp3) is 1.00. The SMILES string of the molecule is CCSCCN1CC(N2CCCCC2)C1. The first kappa shape index (κ1) is 11.7. The highest BCUT2D eigenvalue weighted by Gasteiger charge is 2.31. The Morgan fingerprint density at radius 1 is 1.13 bits per heavy atom. The van der Waals surface area contributed by atoms with E-state index >= 15 is 0 Å². The average molecular weight is 228 g/mol. The van der Waals surface area contributed by atoms with Crippen LogP contribution in [0.15, 0.2) is 0 Å². The lowest BCUT2D eigenvalue weighted by molar-refractivity contribution is 0.0276. The molecule has 2 saturated heterocycles. The van der Waals surface area contributed by atoms with Crippen molar-refractivity contribution in [2.75, 3.05) is 44.2 Å². The molecule has 0 saturated carbocycles. The Bertz CT molecular complexity index is 174. The quantitative estimate of drug-likeness (QED) is 0.664. The maximum absolute atomic E-state index is 2.72. The monoisotopic (exact) mass is 228 g/mol. The van der Waals surface area contributed by atoms with Crippen molar-refractivity contribution in [2.45, 2.75) is 32.2 Å². The molecule has 0 aromatic heterocycles. The van der Waals surface area contributed by atoms with E-state index in [0.29, 0.717) is 0 Å². The third kappa shape index (κ3) is 3.36. The first-order chi connectivity index (χ1) is 7.40. The molecule has 0 spiro atoms. The largest absolute Gasteiger partial charge is 0.299 e. The van der Waals surface area contributed by atoms with Gasteiger partial charge < -0.3 is 0 Å². The summed E-state index contributed by atoms with van der Waals surface area (Å²) in [4.78, 5) is 5.33. The van der Waals surface area contributed by atoms with Gasteiger partial charge in [-0.3, -0.25) is 9.80 Å². The minimum atomic E-state index is 0.900. The molecule has 0 bridgehead atoms. The van der Waals surface area contributed by atoms with Gasteiger partial charge in [-0.05, 0) is 31.7 Å². The normalized spacial score (nSPS) is 25.4. The van der Waals surface area contributed by atoms with Crippen molar-refractivity contribution in [2.24, 2.45) is 0 Å². The molecule has 0 aliphatic carbocycles. The van der Waals surface area contributed by atoms with Crippen LogP contribution < -0.4 is 0 Å². The van der Waals surface area contributed by atoms with Crippen LogP contribution in [0.3, 0.4) is 0 Å². The lowest BCUT2D eigenvalue weighted by Gasteiger charge is -2.46. The van der Waals surface area contributed by atoms with Crippen LogP contribution in [0.25, 0.3) is 0 Å². The molecular weight excluding hydrogens is 204 g/mol. The summed E-state index contributed by atoms with van der Waals surface area (Å²) < 4.78 is 0. The van der Waals surface area contributed by atoms with Crippen LogP contribution in [0.4, 0.5) is 0 Å². The highest BCUT2D eigenvalue weighted by atomic mass is 32.2. The number of rotatable bonds is 5. The molecule has 2 nitrogen and oxygen atoms in total. The van der Waals surface area contributed by atoms with Crippen molar-refractivity contribution >= 4 is 11.8 Å². The number of thioether (sulfide) groups is 1. The van der Waals surface area contributed by atoms with Gasteiger partial charge >= 0.3 is 0 Å². The Kier molecular flexibility index (Phi) is 4.79. The molecular formula is C12H24N2S. The van der Waals surface area contributed by atoms with E-state index in [-0.39, 0.29) is 0 Å². The summed E-state index contributed by atoms with van der Waals surface area (Å²) in [5.41, 5.74) is 0. The molecule has 0 amide bonds. The van der Waals surface area contributed by atoms with E-state index in [0.717, 1.165) is 6.04 Å². The van der Waals surface area contributed by atoms with Crippen LogP contribution in [-0.2, 0) is 0 Å². The van der Waals surface area contributed by atoms with Gasteiger partial charge in [0.05, 0.1) is 0 Å². The predicted octanol–water partition coefficient (Wildman–Crippen LogP) is 1.91. The summed E-state index contributed by atoms with van der Waals surface area (Å²) in [5.74, 6) is 2.59. The predicted molar refractivity (Wildman–Crippen MR) is 68.7 cm³/mol. The molecule has 3 heteroatoms. The molecule has 2 rings (SSSR count). The number of nitrogens with zero attached hydrogens (tertiary/aromatic N) is 2. The van der Waals surface area contributed by atoms with Gasteiger partial charge in [-0.25, -0.2) is 0 Å². The molecule has 2 aliphatic rings. The van der Waals surface area contributed by atoms with E-state index in [1.165, 1.54) is 63.5 Å². The zero-order valence-corrected chi connectivity index (χ0v) is 10.8. The fourth-order valence-corrected chi connectivity index (χ4v) is 3.25. The van der Waals surface area contributed by atoms with Crippen LogP contribution in [-0.4, -0.2) is 60.1 Å². The molecule has 2 heterocycles. The second-order valence-corrected chi connectivity index (χ2v) is 6.10. The molecule has 2 fully saturated rings. The Hall–Kier alpha value is 0.270. The summed E-state index contributed by atoms with van der Waals surface area (Å²) in [6, 6.07) is 0.900. The highest BCUT2D eigenvalue weighted by Crippen LogP contribution is 2.19. The molecule has 0 aromatic carbocycles. The molecule has 0 aromatic rings. The summed E-state index contributed by atoms with van der Waals surface area (Å²) in [6.07, 6.45) is 4.32. The topological polar surface area (TPSA) is 6.48 Å². The van der Waals surface area contributed by atoms with Crippen molar-refractivity contribution in [3.63, 3.8) is 0 Å². The zero-order valence-electron chi connectivity index (χ0n) is 9.95. The first-order valence-corrected chi connectivity index (χ1v) is 7.59. The summed E-state index contributed by atoms with van der Waals surface area (Å²) in [7, 11) is 0. The van der Waals surface area contributed by atoms with Gasteiger partial charge in [-0.15, -0.1) is 0 Å². The lowest BCUT2D eigenvalue weighted by Crippen LogP contribution is -2.60. The number of hydrogen-bond acceptors (Lipinski definition) is 3. The van der Waals surface area contributed by atoms with Crippen molar-refractivity contribution in [3.8, 4) is 0 Å². The van der Waals surface area contributed by atoms with Crippen LogP contribution in [0.1, 0.15) is 26.2 Å². The Labute approximate surface area is 98.4 Å². The van der Waals surface area contributed by atoms with Crippen molar-refractivity contribution in [3.05, 3.63) is 0 Å². The number of piperidine rings is 1. The van der Waals surface area contributed by atoms with Gasteiger partial charge in [0.1, 0.15) is 0 Å². The Morgan fingerprint density at radius 3 is 2.53 bits per heavy atom. The first-order valence-electron chi connectivity index (χ1n) is 6.44. The number of hydrogen-bond donors (Lipinski definition) is 0. The van der Waals surface area contributed by atoms with Gasteiger partial charge in [0.2, 0.25) is 0 Å². The molecule has 15 heavy (non-hydrogen) atoms. The van der Waals surface area contributed by atoms with Gasteiger partial charge in [0.25, 0.3) is 0 Å². The molecule has 0 unspecified atom stereocenters. The van der Waals surface area contributed by atoms with E-state index in [9.17, 15) is 0 Å².